The van der Waals surface area contributed by atoms with E-state index in [-0.39, 0.29) is 17.7 Å². The number of hydrogen-bond acceptors (Lipinski definition) is 3. The van der Waals surface area contributed by atoms with Crippen molar-refractivity contribution < 1.29 is 14.0 Å². The summed E-state index contributed by atoms with van der Waals surface area (Å²) in [5.41, 5.74) is 2.00. The molecule has 0 saturated heterocycles. The van der Waals surface area contributed by atoms with E-state index in [0.29, 0.717) is 11.3 Å². The molecule has 0 fully saturated rings. The van der Waals surface area contributed by atoms with Crippen LogP contribution < -0.4 is 10.6 Å². The van der Waals surface area contributed by atoms with Crippen LogP contribution in [0.3, 0.4) is 0 Å². The van der Waals surface area contributed by atoms with Crippen LogP contribution in [0.4, 0.5) is 5.69 Å². The molecule has 0 radical (unpaired) electrons. The summed E-state index contributed by atoms with van der Waals surface area (Å²) in [4.78, 5) is 24.8. The van der Waals surface area contributed by atoms with Crippen LogP contribution in [-0.4, -0.2) is 17.9 Å². The number of nitrogens with one attached hydrogen (secondary N) is 2. The fourth-order valence-electron chi connectivity index (χ4n) is 2.70. The van der Waals surface area contributed by atoms with Gasteiger partial charge in [-0.25, -0.2) is 0 Å². The van der Waals surface area contributed by atoms with Crippen molar-refractivity contribution >= 4 is 17.5 Å². The van der Waals surface area contributed by atoms with Crippen molar-refractivity contribution in [1.82, 2.24) is 5.32 Å². The molecule has 1 aromatic heterocycles. The number of amides is 2. The zero-order valence-corrected chi connectivity index (χ0v) is 14.4. The van der Waals surface area contributed by atoms with E-state index in [1.807, 2.05) is 37.3 Å². The zero-order chi connectivity index (χ0) is 18.4. The van der Waals surface area contributed by atoms with E-state index < -0.39 is 5.91 Å². The quantitative estimate of drug-likeness (QED) is 0.710. The number of anilines is 1. The fourth-order valence-corrected chi connectivity index (χ4v) is 2.70. The molecule has 2 N–H and O–H groups in total. The molecule has 26 heavy (non-hydrogen) atoms. The third-order valence-corrected chi connectivity index (χ3v) is 3.93. The van der Waals surface area contributed by atoms with Crippen molar-refractivity contribution in [3.8, 4) is 0 Å². The first-order valence-corrected chi connectivity index (χ1v) is 8.42. The van der Waals surface area contributed by atoms with Crippen molar-refractivity contribution in [2.45, 2.75) is 19.4 Å². The lowest BCUT2D eigenvalue weighted by Crippen LogP contribution is -2.34. The molecule has 0 spiro atoms. The van der Waals surface area contributed by atoms with Gasteiger partial charge in [0.2, 0.25) is 0 Å². The average molecular weight is 348 g/mol. The number of carbonyl (C=O) groups excluding carboxylic acids is 2. The summed E-state index contributed by atoms with van der Waals surface area (Å²) < 4.78 is 5.09. The second-order valence-electron chi connectivity index (χ2n) is 6.04. The molecule has 1 heterocycles. The molecule has 2 aromatic carbocycles. The minimum Gasteiger partial charge on any atom is -0.459 e. The third-order valence-electron chi connectivity index (χ3n) is 3.93. The number of benzene rings is 2. The first-order chi connectivity index (χ1) is 12.6. The van der Waals surface area contributed by atoms with Crippen molar-refractivity contribution in [1.29, 1.82) is 0 Å². The van der Waals surface area contributed by atoms with Gasteiger partial charge in [-0.15, -0.1) is 0 Å². The van der Waals surface area contributed by atoms with E-state index in [9.17, 15) is 9.59 Å². The maximum absolute atomic E-state index is 12.6. The van der Waals surface area contributed by atoms with Gasteiger partial charge in [0.05, 0.1) is 17.5 Å². The van der Waals surface area contributed by atoms with Crippen molar-refractivity contribution in [3.05, 3.63) is 89.9 Å². The standard InChI is InChI=1S/C21H20N2O3/c1-15(14-16-8-3-2-4-9-16)22-20(24)17-10-5-6-11-18(17)23-21(25)19-12-7-13-26-19/h2-13,15H,14H2,1H3,(H,22,24)(H,23,25)/t15-/m1/s1. The lowest BCUT2D eigenvalue weighted by Gasteiger charge is -2.16. The predicted molar refractivity (Wildman–Crippen MR) is 100 cm³/mol. The lowest BCUT2D eigenvalue weighted by molar-refractivity contribution is 0.0941. The highest BCUT2D eigenvalue weighted by molar-refractivity contribution is 6.07. The molecular formula is C21H20N2O3. The maximum Gasteiger partial charge on any atom is 0.291 e. The SMILES string of the molecule is C[C@H](Cc1ccccc1)NC(=O)c1ccccc1NC(=O)c1ccco1. The van der Waals surface area contributed by atoms with Gasteiger partial charge in [0.25, 0.3) is 11.8 Å². The van der Waals surface area contributed by atoms with Crippen LogP contribution in [0.15, 0.2) is 77.4 Å². The molecule has 3 rings (SSSR count). The van der Waals surface area contributed by atoms with Gasteiger partial charge in [0.1, 0.15) is 0 Å². The lowest BCUT2D eigenvalue weighted by atomic mass is 10.1. The van der Waals surface area contributed by atoms with Crippen LogP contribution in [0.1, 0.15) is 33.4 Å². The minimum atomic E-state index is -0.396. The second-order valence-corrected chi connectivity index (χ2v) is 6.04. The Hall–Kier alpha value is -3.34. The van der Waals surface area contributed by atoms with Gasteiger partial charge < -0.3 is 15.1 Å². The van der Waals surface area contributed by atoms with Gasteiger partial charge in [0.15, 0.2) is 5.76 Å². The highest BCUT2D eigenvalue weighted by Crippen LogP contribution is 2.17. The van der Waals surface area contributed by atoms with E-state index in [0.717, 1.165) is 12.0 Å². The van der Waals surface area contributed by atoms with Crippen LogP contribution in [0.2, 0.25) is 0 Å². The smallest absolute Gasteiger partial charge is 0.291 e. The van der Waals surface area contributed by atoms with Gasteiger partial charge in [-0.3, -0.25) is 9.59 Å². The average Bonchev–Trinajstić information content (AvgIpc) is 3.17. The highest BCUT2D eigenvalue weighted by Gasteiger charge is 2.17. The fraction of sp³-hybridized carbons (Fsp3) is 0.143. The molecule has 1 atom stereocenters. The van der Waals surface area contributed by atoms with Crippen LogP contribution in [-0.2, 0) is 6.42 Å². The first-order valence-electron chi connectivity index (χ1n) is 8.42. The van der Waals surface area contributed by atoms with Crippen LogP contribution in [0, 0.1) is 0 Å². The van der Waals surface area contributed by atoms with Crippen molar-refractivity contribution in [3.63, 3.8) is 0 Å². The molecule has 5 nitrogen and oxygen atoms in total. The van der Waals surface area contributed by atoms with E-state index in [4.69, 9.17) is 4.42 Å². The number of hydrogen-bond donors (Lipinski definition) is 2. The monoisotopic (exact) mass is 348 g/mol. The highest BCUT2D eigenvalue weighted by atomic mass is 16.3. The minimum absolute atomic E-state index is 0.0428. The number of carbonyl (C=O) groups is 2. The maximum atomic E-state index is 12.6. The molecule has 2 amide bonds. The molecule has 0 saturated carbocycles. The van der Waals surface area contributed by atoms with Gasteiger partial charge in [-0.2, -0.15) is 0 Å². The molecule has 5 heteroatoms. The zero-order valence-electron chi connectivity index (χ0n) is 14.4. The molecule has 132 valence electrons. The topological polar surface area (TPSA) is 71.3 Å². The Morgan fingerprint density at radius 3 is 2.38 bits per heavy atom. The summed E-state index contributed by atoms with van der Waals surface area (Å²) in [6.07, 6.45) is 2.16. The Morgan fingerprint density at radius 1 is 0.923 bits per heavy atom. The Balaban J connectivity index is 1.68. The third kappa shape index (κ3) is 4.39. The van der Waals surface area contributed by atoms with Crippen LogP contribution in [0.25, 0.3) is 0 Å². The second kappa shape index (κ2) is 8.16. The summed E-state index contributed by atoms with van der Waals surface area (Å²) in [7, 11) is 0. The van der Waals surface area contributed by atoms with Gasteiger partial charge in [-0.1, -0.05) is 42.5 Å². The van der Waals surface area contributed by atoms with Crippen molar-refractivity contribution in [2.24, 2.45) is 0 Å². The molecule has 0 aliphatic heterocycles. The molecule has 0 bridgehead atoms. The van der Waals surface area contributed by atoms with Gasteiger partial charge in [0, 0.05) is 6.04 Å². The van der Waals surface area contributed by atoms with E-state index in [1.54, 1.807) is 36.4 Å². The Bertz CT molecular complexity index is 873. The van der Waals surface area contributed by atoms with Gasteiger partial charge >= 0.3 is 0 Å². The van der Waals surface area contributed by atoms with Crippen LogP contribution in [0.5, 0.6) is 0 Å². The molecule has 0 aliphatic carbocycles. The van der Waals surface area contributed by atoms with Crippen LogP contribution >= 0.6 is 0 Å². The number of rotatable bonds is 6. The number of para-hydroxylation sites is 1. The summed E-state index contributed by atoms with van der Waals surface area (Å²) >= 11 is 0. The Morgan fingerprint density at radius 2 is 1.65 bits per heavy atom. The molecule has 0 aliphatic rings. The molecule has 3 aromatic rings. The Labute approximate surface area is 152 Å². The largest absolute Gasteiger partial charge is 0.459 e. The first kappa shape index (κ1) is 17.5. The Kier molecular flexibility index (Phi) is 5.49. The molecular weight excluding hydrogens is 328 g/mol. The molecule has 0 unspecified atom stereocenters. The predicted octanol–water partition coefficient (Wildman–Crippen LogP) is 3.89. The van der Waals surface area contributed by atoms with E-state index in [1.165, 1.54) is 6.26 Å². The van der Waals surface area contributed by atoms with E-state index in [2.05, 4.69) is 10.6 Å². The van der Waals surface area contributed by atoms with Crippen molar-refractivity contribution in [2.75, 3.05) is 5.32 Å². The summed E-state index contributed by atoms with van der Waals surface area (Å²) in [6.45, 7) is 1.95. The number of furan rings is 1. The van der Waals surface area contributed by atoms with E-state index >= 15 is 0 Å². The van der Waals surface area contributed by atoms with Gasteiger partial charge in [-0.05, 0) is 43.2 Å². The normalized spacial score (nSPS) is 11.6. The summed E-state index contributed by atoms with van der Waals surface area (Å²) in [6, 6.07) is 20.0. The summed E-state index contributed by atoms with van der Waals surface area (Å²) in [5, 5.41) is 5.70. The summed E-state index contributed by atoms with van der Waals surface area (Å²) in [5.74, 6) is -0.436.